The van der Waals surface area contributed by atoms with Gasteiger partial charge in [0.15, 0.2) is 6.39 Å². The van der Waals surface area contributed by atoms with Crippen molar-refractivity contribution in [2.75, 3.05) is 12.4 Å². The van der Waals surface area contributed by atoms with Crippen molar-refractivity contribution in [1.82, 2.24) is 14.5 Å². The van der Waals surface area contributed by atoms with Crippen LogP contribution in [0.2, 0.25) is 10.0 Å². The van der Waals surface area contributed by atoms with Gasteiger partial charge in [-0.2, -0.15) is 5.26 Å². The third-order valence-corrected chi connectivity index (χ3v) is 6.04. The third-order valence-electron chi connectivity index (χ3n) is 5.51. The van der Waals surface area contributed by atoms with Gasteiger partial charge in [-0.25, -0.2) is 9.97 Å². The molecule has 0 radical (unpaired) electrons. The van der Waals surface area contributed by atoms with Crippen molar-refractivity contribution in [2.24, 2.45) is 5.73 Å². The number of carbonyl (C=O) groups excluding carboxylic acids is 2. The molecule has 4 rings (SSSR count). The fourth-order valence-corrected chi connectivity index (χ4v) is 4.18. The summed E-state index contributed by atoms with van der Waals surface area (Å²) in [5, 5.41) is 12.5. The molecule has 13 heteroatoms. The highest BCUT2D eigenvalue weighted by Gasteiger charge is 2.26. The van der Waals surface area contributed by atoms with E-state index in [1.807, 2.05) is 0 Å². The molecule has 3 heterocycles. The zero-order chi connectivity index (χ0) is 27.4. The summed E-state index contributed by atoms with van der Waals surface area (Å²) in [6, 6.07) is 8.14. The van der Waals surface area contributed by atoms with Crippen molar-refractivity contribution < 1.29 is 18.7 Å². The molecular weight excluding hydrogens is 535 g/mol. The van der Waals surface area contributed by atoms with Gasteiger partial charge in [-0.05, 0) is 24.3 Å². The lowest BCUT2D eigenvalue weighted by molar-refractivity contribution is -0.119. The molecule has 1 unspecified atom stereocenters. The lowest BCUT2D eigenvalue weighted by atomic mass is 10.00. The Morgan fingerprint density at radius 2 is 2.03 bits per heavy atom. The number of rotatable bonds is 8. The number of aromatic nitrogens is 3. The van der Waals surface area contributed by atoms with Gasteiger partial charge in [-0.3, -0.25) is 19.0 Å². The van der Waals surface area contributed by atoms with E-state index in [4.69, 9.17) is 38.1 Å². The van der Waals surface area contributed by atoms with Crippen molar-refractivity contribution >= 4 is 40.7 Å². The van der Waals surface area contributed by atoms with Crippen LogP contribution in [0.1, 0.15) is 27.9 Å². The minimum atomic E-state index is -1.14. The van der Waals surface area contributed by atoms with Crippen molar-refractivity contribution in [1.29, 1.82) is 5.26 Å². The molecule has 1 atom stereocenters. The number of nitriles is 1. The average molecular weight is 553 g/mol. The second-order valence-corrected chi connectivity index (χ2v) is 8.74. The van der Waals surface area contributed by atoms with Crippen molar-refractivity contribution in [2.45, 2.75) is 12.5 Å². The largest absolute Gasteiger partial charge is 0.495 e. The first kappa shape index (κ1) is 26.4. The number of ether oxygens (including phenoxy) is 1. The van der Waals surface area contributed by atoms with Gasteiger partial charge in [0.1, 0.15) is 23.2 Å². The molecule has 0 aliphatic carbocycles. The van der Waals surface area contributed by atoms with Crippen LogP contribution in [0.3, 0.4) is 0 Å². The van der Waals surface area contributed by atoms with Gasteiger partial charge in [-0.15, -0.1) is 0 Å². The van der Waals surface area contributed by atoms with Crippen LogP contribution in [0, 0.1) is 11.3 Å². The molecule has 3 aromatic heterocycles. The molecule has 0 aliphatic heterocycles. The number of anilines is 1. The summed E-state index contributed by atoms with van der Waals surface area (Å²) in [4.78, 5) is 45.9. The molecule has 11 nitrogen and oxygen atoms in total. The van der Waals surface area contributed by atoms with Crippen LogP contribution in [0.15, 0.2) is 64.5 Å². The molecular formula is C25H18Cl2N6O5. The number of oxazole rings is 1. The second-order valence-electron chi connectivity index (χ2n) is 7.90. The van der Waals surface area contributed by atoms with E-state index in [0.29, 0.717) is 21.9 Å². The monoisotopic (exact) mass is 552 g/mol. The molecule has 3 N–H and O–H groups in total. The van der Waals surface area contributed by atoms with E-state index in [-0.39, 0.29) is 34.1 Å². The Morgan fingerprint density at radius 1 is 1.24 bits per heavy atom. The molecule has 2 amide bonds. The standard InChI is InChI=1S/C25H18Cl2N6O5/c1-37-21-11-33(22(34)7-18(21)17-4-14(26)3-2-13(17)8-28)20(6-16-10-30-12-38-16)25(36)32-15-5-19(27)23(24(29)35)31-9-15/h2-5,7,9-12,20H,6H2,1H3,(H2,29,35)(H,32,36). The number of hydrogen-bond acceptors (Lipinski definition) is 8. The number of methoxy groups -OCH3 is 1. The quantitative estimate of drug-likeness (QED) is 0.334. The van der Waals surface area contributed by atoms with E-state index in [0.717, 1.165) is 0 Å². The topological polar surface area (TPSA) is 166 Å². The Morgan fingerprint density at radius 3 is 2.66 bits per heavy atom. The van der Waals surface area contributed by atoms with Crippen LogP contribution < -0.4 is 21.3 Å². The summed E-state index contributed by atoms with van der Waals surface area (Å²) in [6.07, 6.45) is 5.15. The number of nitrogens with two attached hydrogens (primary N) is 1. The van der Waals surface area contributed by atoms with Crippen LogP contribution >= 0.6 is 23.2 Å². The van der Waals surface area contributed by atoms with Crippen molar-refractivity contribution in [3.63, 3.8) is 0 Å². The number of nitrogens with one attached hydrogen (secondary N) is 1. The van der Waals surface area contributed by atoms with E-state index in [9.17, 15) is 19.6 Å². The average Bonchev–Trinajstić information content (AvgIpc) is 3.40. The first-order chi connectivity index (χ1) is 18.2. The zero-order valence-corrected chi connectivity index (χ0v) is 21.2. The number of carbonyl (C=O) groups is 2. The molecule has 4 aromatic rings. The van der Waals surface area contributed by atoms with Gasteiger partial charge in [0.25, 0.3) is 11.5 Å². The summed E-state index contributed by atoms with van der Waals surface area (Å²) in [5.74, 6) is -0.895. The highest BCUT2D eigenvalue weighted by molar-refractivity contribution is 6.33. The molecule has 0 bridgehead atoms. The summed E-state index contributed by atoms with van der Waals surface area (Å²) in [5.41, 5.74) is 5.68. The molecule has 0 aliphatic rings. The van der Waals surface area contributed by atoms with E-state index >= 15 is 0 Å². The third kappa shape index (κ3) is 5.51. The Bertz CT molecular complexity index is 1630. The van der Waals surface area contributed by atoms with Crippen LogP contribution in [-0.4, -0.2) is 33.5 Å². The SMILES string of the molecule is COc1cn(C(Cc2cnco2)C(=O)Nc2cnc(C(N)=O)c(Cl)c2)c(=O)cc1-c1cc(Cl)ccc1C#N. The Labute approximate surface area is 225 Å². The molecule has 0 spiro atoms. The van der Waals surface area contributed by atoms with E-state index in [1.54, 1.807) is 12.1 Å². The number of hydrogen-bond donors (Lipinski definition) is 2. The maximum atomic E-state index is 13.4. The molecule has 0 saturated carbocycles. The number of amides is 2. The summed E-state index contributed by atoms with van der Waals surface area (Å²) in [6.45, 7) is 0. The molecule has 38 heavy (non-hydrogen) atoms. The lowest BCUT2D eigenvalue weighted by Crippen LogP contribution is -2.34. The maximum absolute atomic E-state index is 13.4. The van der Waals surface area contributed by atoms with Gasteiger partial charge < -0.3 is 20.2 Å². The normalized spacial score (nSPS) is 11.4. The molecule has 192 valence electrons. The highest BCUT2D eigenvalue weighted by Crippen LogP contribution is 2.33. The van der Waals surface area contributed by atoms with Crippen LogP contribution in [-0.2, 0) is 11.2 Å². The highest BCUT2D eigenvalue weighted by atomic mass is 35.5. The Balaban J connectivity index is 1.78. The maximum Gasteiger partial charge on any atom is 0.268 e. The summed E-state index contributed by atoms with van der Waals surface area (Å²) in [7, 11) is 1.39. The zero-order valence-electron chi connectivity index (χ0n) is 19.6. The Hall–Kier alpha value is -4.66. The fourth-order valence-electron chi connectivity index (χ4n) is 3.75. The Kier molecular flexibility index (Phi) is 7.76. The first-order valence-electron chi connectivity index (χ1n) is 10.9. The van der Waals surface area contributed by atoms with Crippen LogP contribution in [0.25, 0.3) is 11.1 Å². The second kappa shape index (κ2) is 11.2. The predicted molar refractivity (Wildman–Crippen MR) is 138 cm³/mol. The van der Waals surface area contributed by atoms with Gasteiger partial charge in [-0.1, -0.05) is 23.2 Å². The first-order valence-corrected chi connectivity index (χ1v) is 11.6. The summed E-state index contributed by atoms with van der Waals surface area (Å²) >= 11 is 12.2. The fraction of sp³-hybridized carbons (Fsp3) is 0.120. The van der Waals surface area contributed by atoms with Crippen molar-refractivity contribution in [3.8, 4) is 22.9 Å². The minimum absolute atomic E-state index is 0.0462. The van der Waals surface area contributed by atoms with Gasteiger partial charge >= 0.3 is 0 Å². The molecule has 0 fully saturated rings. The summed E-state index contributed by atoms with van der Waals surface area (Å²) < 4.78 is 12.0. The number of benzene rings is 1. The van der Waals surface area contributed by atoms with Crippen molar-refractivity contribution in [3.05, 3.63) is 92.7 Å². The molecule has 1 aromatic carbocycles. The van der Waals surface area contributed by atoms with E-state index in [2.05, 4.69) is 21.4 Å². The lowest BCUT2D eigenvalue weighted by Gasteiger charge is -2.21. The van der Waals surface area contributed by atoms with E-state index in [1.165, 1.54) is 54.9 Å². The van der Waals surface area contributed by atoms with Crippen LogP contribution in [0.4, 0.5) is 5.69 Å². The molecule has 0 saturated heterocycles. The van der Waals surface area contributed by atoms with E-state index < -0.39 is 23.4 Å². The number of pyridine rings is 2. The number of primary amides is 1. The number of nitrogens with zero attached hydrogens (tertiary/aromatic N) is 4. The smallest absolute Gasteiger partial charge is 0.268 e. The minimum Gasteiger partial charge on any atom is -0.495 e. The number of halogens is 2. The van der Waals surface area contributed by atoms with Crippen LogP contribution in [0.5, 0.6) is 5.75 Å². The predicted octanol–water partition coefficient (Wildman–Crippen LogP) is 3.61. The van der Waals surface area contributed by atoms with Gasteiger partial charge in [0, 0.05) is 28.6 Å². The van der Waals surface area contributed by atoms with Gasteiger partial charge in [0.05, 0.1) is 48.0 Å². The van der Waals surface area contributed by atoms with Gasteiger partial charge in [0.2, 0.25) is 5.91 Å².